The molecule has 1 aromatic rings. The van der Waals surface area contributed by atoms with Gasteiger partial charge in [0.2, 0.25) is 0 Å². The molecule has 1 aromatic heterocycles. The minimum Gasteiger partial charge on any atom is -0.337 e. The smallest absolute Gasteiger partial charge is 0.272 e. The summed E-state index contributed by atoms with van der Waals surface area (Å²) in [4.78, 5) is 17.7. The summed E-state index contributed by atoms with van der Waals surface area (Å²) in [6, 6.07) is 2.71. The second-order valence-electron chi connectivity index (χ2n) is 4.28. The number of piperidine rings is 1. The predicted octanol–water partition coefficient (Wildman–Crippen LogP) is 2.47. The lowest BCUT2D eigenvalue weighted by Crippen LogP contribution is -2.40. The molecule has 0 aromatic carbocycles. The highest BCUT2D eigenvalue weighted by Gasteiger charge is 2.24. The van der Waals surface area contributed by atoms with Crippen LogP contribution in [0.4, 0.5) is 4.39 Å². The van der Waals surface area contributed by atoms with E-state index in [-0.39, 0.29) is 5.91 Å². The van der Waals surface area contributed by atoms with E-state index in [0.717, 1.165) is 37.5 Å². The van der Waals surface area contributed by atoms with Gasteiger partial charge in [-0.25, -0.2) is 9.37 Å². The van der Waals surface area contributed by atoms with E-state index in [0.29, 0.717) is 11.6 Å². The van der Waals surface area contributed by atoms with Gasteiger partial charge in [-0.2, -0.15) is 0 Å². The molecule has 2 heterocycles. The van der Waals surface area contributed by atoms with Crippen LogP contribution in [0.3, 0.4) is 0 Å². The van der Waals surface area contributed by atoms with Crippen molar-refractivity contribution >= 4 is 21.8 Å². The quantitative estimate of drug-likeness (QED) is 0.786. The lowest BCUT2D eigenvalue weighted by Gasteiger charge is -2.31. The Balaban J connectivity index is 2.06. The number of carbonyl (C=O) groups is 1. The van der Waals surface area contributed by atoms with E-state index in [2.05, 4.69) is 20.9 Å². The van der Waals surface area contributed by atoms with Gasteiger partial charge in [0.15, 0.2) is 0 Å². The molecule has 92 valence electrons. The first-order valence-electron chi connectivity index (χ1n) is 5.67. The molecule has 1 saturated heterocycles. The molecule has 5 heteroatoms. The maximum absolute atomic E-state index is 12.7. The van der Waals surface area contributed by atoms with Crippen LogP contribution in [0, 0.1) is 11.7 Å². The van der Waals surface area contributed by atoms with Crippen molar-refractivity contribution in [2.45, 2.75) is 12.8 Å². The van der Waals surface area contributed by atoms with Crippen LogP contribution in [0.15, 0.2) is 18.3 Å². The van der Waals surface area contributed by atoms with Crippen molar-refractivity contribution in [2.24, 2.45) is 5.92 Å². The van der Waals surface area contributed by atoms with Gasteiger partial charge in [0.25, 0.3) is 5.91 Å². The molecule has 0 N–H and O–H groups in total. The van der Waals surface area contributed by atoms with Crippen molar-refractivity contribution < 1.29 is 9.18 Å². The number of carbonyl (C=O) groups excluding carboxylic acids is 1. The summed E-state index contributed by atoms with van der Waals surface area (Å²) in [6.07, 6.45) is 3.24. The molecule has 2 rings (SSSR count). The van der Waals surface area contributed by atoms with Gasteiger partial charge in [0, 0.05) is 18.4 Å². The van der Waals surface area contributed by atoms with Crippen molar-refractivity contribution in [3.8, 4) is 0 Å². The minimum absolute atomic E-state index is 0.101. The van der Waals surface area contributed by atoms with Crippen LogP contribution in [0.5, 0.6) is 0 Å². The molecule has 17 heavy (non-hydrogen) atoms. The molecule has 0 saturated carbocycles. The van der Waals surface area contributed by atoms with Crippen molar-refractivity contribution in [1.82, 2.24) is 9.88 Å². The van der Waals surface area contributed by atoms with Gasteiger partial charge in [-0.15, -0.1) is 0 Å². The zero-order valence-corrected chi connectivity index (χ0v) is 11.0. The number of nitrogens with zero attached hydrogens (tertiary/aromatic N) is 2. The second-order valence-corrected chi connectivity index (χ2v) is 4.92. The number of rotatable bonds is 2. The number of pyridine rings is 1. The highest BCUT2D eigenvalue weighted by Crippen LogP contribution is 2.19. The number of hydrogen-bond acceptors (Lipinski definition) is 2. The fourth-order valence-electron chi connectivity index (χ4n) is 2.04. The second kappa shape index (κ2) is 5.58. The first kappa shape index (κ1) is 12.5. The molecule has 1 unspecified atom stereocenters. The molecule has 1 atom stereocenters. The standard InChI is InChI=1S/C12H14BrFN2O/c13-6-9-2-1-5-16(8-9)12(17)11-4-3-10(14)7-15-11/h3-4,7,9H,1-2,5-6,8H2. The van der Waals surface area contributed by atoms with Crippen LogP contribution in [-0.4, -0.2) is 34.2 Å². The maximum Gasteiger partial charge on any atom is 0.272 e. The molecule has 0 spiro atoms. The lowest BCUT2D eigenvalue weighted by molar-refractivity contribution is 0.0680. The van der Waals surface area contributed by atoms with E-state index in [1.54, 1.807) is 4.90 Å². The fraction of sp³-hybridized carbons (Fsp3) is 0.500. The summed E-state index contributed by atoms with van der Waals surface area (Å²) in [5.41, 5.74) is 0.321. The zero-order chi connectivity index (χ0) is 12.3. The summed E-state index contributed by atoms with van der Waals surface area (Å²) in [5, 5.41) is 0.910. The van der Waals surface area contributed by atoms with E-state index >= 15 is 0 Å². The van der Waals surface area contributed by atoms with Crippen LogP contribution in [0.2, 0.25) is 0 Å². The molecule has 3 nitrogen and oxygen atoms in total. The van der Waals surface area contributed by atoms with Crippen molar-refractivity contribution in [3.05, 3.63) is 29.8 Å². The normalized spacial score (nSPS) is 20.4. The summed E-state index contributed by atoms with van der Waals surface area (Å²) < 4.78 is 12.7. The number of hydrogen-bond donors (Lipinski definition) is 0. The van der Waals surface area contributed by atoms with Crippen LogP contribution in [-0.2, 0) is 0 Å². The Bertz CT molecular complexity index is 396. The number of alkyl halides is 1. The van der Waals surface area contributed by atoms with Gasteiger partial charge >= 0.3 is 0 Å². The average Bonchev–Trinajstić information content (AvgIpc) is 2.39. The highest BCUT2D eigenvalue weighted by atomic mass is 79.9. The fourth-order valence-corrected chi connectivity index (χ4v) is 2.57. The Morgan fingerprint density at radius 1 is 1.59 bits per heavy atom. The van der Waals surface area contributed by atoms with Gasteiger partial charge in [-0.05, 0) is 30.9 Å². The Labute approximate surface area is 108 Å². The summed E-state index contributed by atoms with van der Waals surface area (Å²) in [7, 11) is 0. The average molecular weight is 301 g/mol. The van der Waals surface area contributed by atoms with Crippen molar-refractivity contribution in [3.63, 3.8) is 0 Å². The Kier molecular flexibility index (Phi) is 4.10. The summed E-state index contributed by atoms with van der Waals surface area (Å²) >= 11 is 3.45. The maximum atomic E-state index is 12.7. The third-order valence-corrected chi connectivity index (χ3v) is 3.89. The number of likely N-dealkylation sites (tertiary alicyclic amines) is 1. The molecular formula is C12H14BrFN2O. The lowest BCUT2D eigenvalue weighted by atomic mass is 10.00. The minimum atomic E-state index is -0.418. The largest absolute Gasteiger partial charge is 0.337 e. The predicted molar refractivity (Wildman–Crippen MR) is 66.6 cm³/mol. The Morgan fingerprint density at radius 2 is 2.41 bits per heavy atom. The Hall–Kier alpha value is -0.970. The van der Waals surface area contributed by atoms with E-state index in [1.165, 1.54) is 12.1 Å². The Morgan fingerprint density at radius 3 is 3.06 bits per heavy atom. The molecule has 0 radical (unpaired) electrons. The van der Waals surface area contributed by atoms with E-state index in [9.17, 15) is 9.18 Å². The first-order chi connectivity index (χ1) is 8.20. The molecule has 1 fully saturated rings. The zero-order valence-electron chi connectivity index (χ0n) is 9.40. The third kappa shape index (κ3) is 3.03. The molecular weight excluding hydrogens is 287 g/mol. The molecule has 1 aliphatic rings. The van der Waals surface area contributed by atoms with Gasteiger partial charge in [0.1, 0.15) is 11.5 Å². The third-order valence-electron chi connectivity index (χ3n) is 2.97. The number of amides is 1. The number of aromatic nitrogens is 1. The van der Waals surface area contributed by atoms with Gasteiger partial charge in [-0.1, -0.05) is 15.9 Å². The van der Waals surface area contributed by atoms with E-state index in [4.69, 9.17) is 0 Å². The van der Waals surface area contributed by atoms with E-state index in [1.807, 2.05) is 0 Å². The van der Waals surface area contributed by atoms with E-state index < -0.39 is 5.82 Å². The molecule has 1 amide bonds. The summed E-state index contributed by atoms with van der Waals surface area (Å²) in [5.74, 6) is -0.0117. The van der Waals surface area contributed by atoms with Gasteiger partial charge < -0.3 is 4.90 Å². The number of halogens is 2. The van der Waals surface area contributed by atoms with Gasteiger partial charge in [0.05, 0.1) is 6.20 Å². The van der Waals surface area contributed by atoms with Crippen LogP contribution in [0.1, 0.15) is 23.3 Å². The SMILES string of the molecule is O=C(c1ccc(F)cn1)N1CCCC(CBr)C1. The molecule has 0 aliphatic carbocycles. The molecule has 1 aliphatic heterocycles. The first-order valence-corrected chi connectivity index (χ1v) is 6.79. The summed E-state index contributed by atoms with van der Waals surface area (Å²) in [6.45, 7) is 1.52. The van der Waals surface area contributed by atoms with Gasteiger partial charge in [-0.3, -0.25) is 4.79 Å². The highest BCUT2D eigenvalue weighted by molar-refractivity contribution is 9.09. The monoisotopic (exact) mass is 300 g/mol. The van der Waals surface area contributed by atoms with Crippen LogP contribution >= 0.6 is 15.9 Å². The molecule has 0 bridgehead atoms. The van der Waals surface area contributed by atoms with Crippen LogP contribution < -0.4 is 0 Å². The van der Waals surface area contributed by atoms with Crippen LogP contribution in [0.25, 0.3) is 0 Å². The van der Waals surface area contributed by atoms with Crippen molar-refractivity contribution in [2.75, 3.05) is 18.4 Å². The van der Waals surface area contributed by atoms with Crippen molar-refractivity contribution in [1.29, 1.82) is 0 Å². The topological polar surface area (TPSA) is 33.2 Å².